The maximum atomic E-state index is 10.1. The summed E-state index contributed by atoms with van der Waals surface area (Å²) >= 11 is 4.88. The van der Waals surface area contributed by atoms with Crippen LogP contribution in [0.5, 0.6) is 0 Å². The first kappa shape index (κ1) is 17.0. The molecule has 0 aliphatic carbocycles. The van der Waals surface area contributed by atoms with Crippen LogP contribution in [-0.4, -0.2) is 60.1 Å². The van der Waals surface area contributed by atoms with Gasteiger partial charge in [0.15, 0.2) is 0 Å². The molecule has 4 N–H and O–H groups in total. The molecule has 0 bridgehead atoms. The molecule has 1 rings (SSSR count). The summed E-state index contributed by atoms with van der Waals surface area (Å²) < 4.78 is 4.87. The lowest BCUT2D eigenvalue weighted by atomic mass is 10.1. The molecule has 0 heterocycles. The van der Waals surface area contributed by atoms with E-state index in [1.54, 1.807) is 31.4 Å². The predicted octanol–water partition coefficient (Wildman–Crippen LogP) is 0.293. The largest absolute Gasteiger partial charge is 0.389 e. The number of methoxy groups -OCH3 is 1. The summed E-state index contributed by atoms with van der Waals surface area (Å²) in [5.41, 5.74) is 7.09. The minimum atomic E-state index is -0.629. The van der Waals surface area contributed by atoms with Crippen LogP contribution in [0.15, 0.2) is 24.3 Å². The number of likely N-dealkylation sites (N-methyl/N-ethyl adjacent to an activating group) is 1. The van der Waals surface area contributed by atoms with Crippen molar-refractivity contribution in [2.24, 2.45) is 5.73 Å². The average Bonchev–Trinajstić information content (AvgIpc) is 2.38. The van der Waals surface area contributed by atoms with E-state index in [-0.39, 0.29) is 6.61 Å². The molecule has 0 aromatic heterocycles. The monoisotopic (exact) mass is 298 g/mol. The molecule has 0 saturated carbocycles. The van der Waals surface area contributed by atoms with Crippen LogP contribution in [-0.2, 0) is 4.74 Å². The summed E-state index contributed by atoms with van der Waals surface area (Å²) in [6.45, 7) is 1.14. The number of aliphatic hydroxyl groups is 2. The number of thiocarbonyl (C=S) groups is 1. The molecule has 2 unspecified atom stereocenters. The molecular formula is C14H22N2O3S. The van der Waals surface area contributed by atoms with E-state index in [1.165, 1.54) is 0 Å². The Morgan fingerprint density at radius 2 is 1.90 bits per heavy atom. The zero-order valence-electron chi connectivity index (χ0n) is 11.8. The van der Waals surface area contributed by atoms with Crippen LogP contribution in [0.4, 0.5) is 0 Å². The van der Waals surface area contributed by atoms with Crippen molar-refractivity contribution in [3.05, 3.63) is 35.4 Å². The van der Waals surface area contributed by atoms with Gasteiger partial charge in [0.1, 0.15) is 4.99 Å². The standard InChI is InChI=1S/C14H22N2O3S/c1-16(7-12(17)9-19-2)8-13(18)10-3-5-11(6-4-10)14(15)20/h3-6,12-13,17-18H,7-9H2,1-2H3,(H2,15,20). The number of nitrogens with two attached hydrogens (primary N) is 1. The first-order valence-electron chi connectivity index (χ1n) is 6.37. The topological polar surface area (TPSA) is 79.0 Å². The molecule has 2 atom stereocenters. The summed E-state index contributed by atoms with van der Waals surface area (Å²) in [5, 5.41) is 19.8. The highest BCUT2D eigenvalue weighted by Crippen LogP contribution is 2.15. The summed E-state index contributed by atoms with van der Waals surface area (Å²) in [7, 11) is 3.38. The second-order valence-corrected chi connectivity index (χ2v) is 5.27. The van der Waals surface area contributed by atoms with Crippen molar-refractivity contribution < 1.29 is 14.9 Å². The van der Waals surface area contributed by atoms with Crippen molar-refractivity contribution in [2.75, 3.05) is 33.9 Å². The Hall–Kier alpha value is -1.05. The number of rotatable bonds is 8. The minimum absolute atomic E-state index is 0.281. The number of benzene rings is 1. The molecule has 0 aliphatic heterocycles. The van der Waals surface area contributed by atoms with E-state index in [0.29, 0.717) is 18.1 Å². The van der Waals surface area contributed by atoms with Gasteiger partial charge < -0.3 is 25.6 Å². The van der Waals surface area contributed by atoms with Gasteiger partial charge in [0.25, 0.3) is 0 Å². The molecule has 0 radical (unpaired) electrons. The lowest BCUT2D eigenvalue weighted by Crippen LogP contribution is -2.34. The quantitative estimate of drug-likeness (QED) is 0.599. The normalized spacial score (nSPS) is 14.2. The molecule has 0 aliphatic rings. The Bertz CT molecular complexity index is 425. The fourth-order valence-electron chi connectivity index (χ4n) is 1.95. The molecular weight excluding hydrogens is 276 g/mol. The highest BCUT2D eigenvalue weighted by Gasteiger charge is 2.14. The molecule has 6 heteroatoms. The summed E-state index contributed by atoms with van der Waals surface area (Å²) in [5.74, 6) is 0. The van der Waals surface area contributed by atoms with E-state index in [2.05, 4.69) is 0 Å². The Labute approximate surface area is 125 Å². The number of ether oxygens (including phenoxy) is 1. The summed E-state index contributed by atoms with van der Waals surface area (Å²) in [4.78, 5) is 2.20. The van der Waals surface area contributed by atoms with Crippen LogP contribution in [0.3, 0.4) is 0 Å². The van der Waals surface area contributed by atoms with E-state index in [1.807, 2.05) is 11.9 Å². The number of hydrogen-bond acceptors (Lipinski definition) is 5. The second kappa shape index (κ2) is 8.28. The minimum Gasteiger partial charge on any atom is -0.389 e. The SMILES string of the molecule is COCC(O)CN(C)CC(O)c1ccc(C(N)=S)cc1. The fraction of sp³-hybridized carbons (Fsp3) is 0.500. The van der Waals surface area contributed by atoms with Crippen LogP contribution >= 0.6 is 12.2 Å². The van der Waals surface area contributed by atoms with Gasteiger partial charge in [-0.15, -0.1) is 0 Å². The second-order valence-electron chi connectivity index (χ2n) is 4.83. The first-order valence-corrected chi connectivity index (χ1v) is 6.78. The van der Waals surface area contributed by atoms with Gasteiger partial charge in [0.05, 0.1) is 18.8 Å². The lowest BCUT2D eigenvalue weighted by molar-refractivity contribution is 0.0318. The summed E-state index contributed by atoms with van der Waals surface area (Å²) in [6, 6.07) is 7.19. The molecule has 112 valence electrons. The van der Waals surface area contributed by atoms with Crippen molar-refractivity contribution in [1.29, 1.82) is 0 Å². The fourth-order valence-corrected chi connectivity index (χ4v) is 2.09. The zero-order valence-corrected chi connectivity index (χ0v) is 12.6. The van der Waals surface area contributed by atoms with Crippen LogP contribution in [0, 0.1) is 0 Å². The number of hydrogen-bond donors (Lipinski definition) is 3. The van der Waals surface area contributed by atoms with Crippen molar-refractivity contribution in [3.63, 3.8) is 0 Å². The van der Waals surface area contributed by atoms with Crippen molar-refractivity contribution in [2.45, 2.75) is 12.2 Å². The van der Waals surface area contributed by atoms with Crippen molar-refractivity contribution >= 4 is 17.2 Å². The Morgan fingerprint density at radius 3 is 2.40 bits per heavy atom. The Balaban J connectivity index is 2.53. The molecule has 20 heavy (non-hydrogen) atoms. The third-order valence-electron chi connectivity index (χ3n) is 2.95. The highest BCUT2D eigenvalue weighted by molar-refractivity contribution is 7.80. The van der Waals surface area contributed by atoms with Gasteiger partial charge in [-0.3, -0.25) is 0 Å². The molecule has 0 fully saturated rings. The van der Waals surface area contributed by atoms with E-state index >= 15 is 0 Å². The van der Waals surface area contributed by atoms with E-state index in [0.717, 1.165) is 11.1 Å². The number of aliphatic hydroxyl groups excluding tert-OH is 2. The lowest BCUT2D eigenvalue weighted by Gasteiger charge is -2.23. The summed E-state index contributed by atoms with van der Waals surface area (Å²) in [6.07, 6.45) is -1.19. The number of nitrogens with zero attached hydrogens (tertiary/aromatic N) is 1. The molecule has 5 nitrogen and oxygen atoms in total. The smallest absolute Gasteiger partial charge is 0.103 e. The maximum Gasteiger partial charge on any atom is 0.103 e. The van der Waals surface area contributed by atoms with Crippen molar-refractivity contribution in [1.82, 2.24) is 4.90 Å². The van der Waals surface area contributed by atoms with Gasteiger partial charge in [0.2, 0.25) is 0 Å². The third-order valence-corrected chi connectivity index (χ3v) is 3.18. The van der Waals surface area contributed by atoms with Gasteiger partial charge in [-0.25, -0.2) is 0 Å². The van der Waals surface area contributed by atoms with Gasteiger partial charge in [-0.1, -0.05) is 36.5 Å². The van der Waals surface area contributed by atoms with Gasteiger partial charge >= 0.3 is 0 Å². The van der Waals surface area contributed by atoms with E-state index < -0.39 is 12.2 Å². The van der Waals surface area contributed by atoms with Gasteiger partial charge in [-0.05, 0) is 12.6 Å². The third kappa shape index (κ3) is 5.52. The van der Waals surface area contributed by atoms with Gasteiger partial charge in [-0.2, -0.15) is 0 Å². The van der Waals surface area contributed by atoms with E-state index in [9.17, 15) is 10.2 Å². The highest BCUT2D eigenvalue weighted by atomic mass is 32.1. The van der Waals surface area contributed by atoms with E-state index in [4.69, 9.17) is 22.7 Å². The molecule has 0 saturated heterocycles. The Kier molecular flexibility index (Phi) is 7.04. The van der Waals surface area contributed by atoms with Gasteiger partial charge in [0, 0.05) is 25.8 Å². The Morgan fingerprint density at radius 1 is 1.30 bits per heavy atom. The molecule has 1 aromatic carbocycles. The van der Waals surface area contributed by atoms with Crippen LogP contribution in [0.1, 0.15) is 17.2 Å². The molecule has 1 aromatic rings. The predicted molar refractivity (Wildman–Crippen MR) is 82.7 cm³/mol. The average molecular weight is 298 g/mol. The van der Waals surface area contributed by atoms with Crippen LogP contribution in [0.2, 0.25) is 0 Å². The zero-order chi connectivity index (χ0) is 15.1. The van der Waals surface area contributed by atoms with Crippen LogP contribution < -0.4 is 5.73 Å². The maximum absolute atomic E-state index is 10.1. The first-order chi connectivity index (χ1) is 9.43. The van der Waals surface area contributed by atoms with Crippen molar-refractivity contribution in [3.8, 4) is 0 Å². The molecule has 0 amide bonds. The van der Waals surface area contributed by atoms with Crippen LogP contribution in [0.25, 0.3) is 0 Å². The molecule has 0 spiro atoms.